The molecule has 2 heterocycles. The fraction of sp³-hybridized carbons (Fsp3) is 0.588. The smallest absolute Gasteiger partial charge is 0.309 e. The Balaban J connectivity index is 1.54. The van der Waals surface area contributed by atoms with Crippen LogP contribution in [0.3, 0.4) is 0 Å². The number of fused-ring (bicyclic) bond motifs is 3. The van der Waals surface area contributed by atoms with Crippen LogP contribution in [0.5, 0.6) is 0 Å². The molecule has 6 heteroatoms. The van der Waals surface area contributed by atoms with Crippen molar-refractivity contribution in [1.82, 2.24) is 0 Å². The number of ether oxygens (including phenoxy) is 5. The van der Waals surface area contributed by atoms with Crippen molar-refractivity contribution in [3.63, 3.8) is 0 Å². The molecule has 3 fully saturated rings. The van der Waals surface area contributed by atoms with Crippen LogP contribution in [0.2, 0.25) is 0 Å². The number of rotatable bonds is 3. The largest absolute Gasteiger partial charge is 0.469 e. The van der Waals surface area contributed by atoms with Gasteiger partial charge in [0.1, 0.15) is 6.10 Å². The minimum atomic E-state index is -0.431. The summed E-state index contributed by atoms with van der Waals surface area (Å²) in [7, 11) is 3.00. The first kappa shape index (κ1) is 15.1. The van der Waals surface area contributed by atoms with Crippen molar-refractivity contribution in [1.29, 1.82) is 0 Å². The molecule has 1 saturated carbocycles. The Morgan fingerprint density at radius 3 is 2.61 bits per heavy atom. The van der Waals surface area contributed by atoms with Crippen LogP contribution in [0.25, 0.3) is 0 Å². The van der Waals surface area contributed by atoms with Crippen molar-refractivity contribution in [3.05, 3.63) is 35.9 Å². The van der Waals surface area contributed by atoms with E-state index >= 15 is 0 Å². The molecule has 1 aromatic rings. The summed E-state index contributed by atoms with van der Waals surface area (Å²) in [5.41, 5.74) is 0.964. The second-order valence-electron chi connectivity index (χ2n) is 6.16. The number of methoxy groups -OCH3 is 2. The molecule has 0 bridgehead atoms. The number of esters is 1. The number of hydrogen-bond acceptors (Lipinski definition) is 6. The van der Waals surface area contributed by atoms with Gasteiger partial charge in [0, 0.05) is 24.5 Å². The maximum absolute atomic E-state index is 12.0. The highest BCUT2D eigenvalue weighted by atomic mass is 16.7. The van der Waals surface area contributed by atoms with E-state index in [1.54, 1.807) is 7.11 Å². The zero-order chi connectivity index (χ0) is 16.0. The number of carbonyl (C=O) groups is 1. The lowest BCUT2D eigenvalue weighted by atomic mass is 10.0. The lowest BCUT2D eigenvalue weighted by Crippen LogP contribution is -2.49. The molecule has 1 aromatic carbocycles. The lowest BCUT2D eigenvalue weighted by molar-refractivity contribution is -0.316. The van der Waals surface area contributed by atoms with E-state index in [1.165, 1.54) is 7.11 Å². The third kappa shape index (κ3) is 2.46. The number of carbonyl (C=O) groups excluding carboxylic acids is 1. The molecule has 23 heavy (non-hydrogen) atoms. The summed E-state index contributed by atoms with van der Waals surface area (Å²) < 4.78 is 28.2. The summed E-state index contributed by atoms with van der Waals surface area (Å²) in [5, 5.41) is 0. The van der Waals surface area contributed by atoms with E-state index in [-0.39, 0.29) is 35.9 Å². The molecule has 0 spiro atoms. The molecule has 1 aliphatic carbocycles. The predicted octanol–water partition coefficient (Wildman–Crippen LogP) is 1.51. The molecule has 4 rings (SSSR count). The Labute approximate surface area is 134 Å². The molecule has 0 radical (unpaired) electrons. The number of benzene rings is 1. The van der Waals surface area contributed by atoms with E-state index in [9.17, 15) is 4.79 Å². The molecule has 0 aromatic heterocycles. The van der Waals surface area contributed by atoms with E-state index in [2.05, 4.69) is 0 Å². The molecular formula is C17H20O6. The fourth-order valence-electron chi connectivity index (χ4n) is 3.85. The van der Waals surface area contributed by atoms with Crippen LogP contribution in [-0.2, 0) is 28.5 Å². The van der Waals surface area contributed by atoms with Gasteiger partial charge in [-0.15, -0.1) is 0 Å². The van der Waals surface area contributed by atoms with Crippen LogP contribution >= 0.6 is 0 Å². The molecule has 2 unspecified atom stereocenters. The Hall–Kier alpha value is -1.47. The van der Waals surface area contributed by atoms with Gasteiger partial charge in [-0.3, -0.25) is 4.79 Å². The first-order valence-corrected chi connectivity index (χ1v) is 7.82. The van der Waals surface area contributed by atoms with E-state index in [4.69, 9.17) is 23.7 Å². The second kappa shape index (κ2) is 5.87. The molecular weight excluding hydrogens is 300 g/mol. The lowest BCUT2D eigenvalue weighted by Gasteiger charge is -2.41. The van der Waals surface area contributed by atoms with E-state index in [0.29, 0.717) is 6.61 Å². The highest BCUT2D eigenvalue weighted by Gasteiger charge is 2.69. The SMILES string of the molecule is COC(=O)C1C2[C@H]1[C@@H](OC)O[C@@H]1CO[C@@H](c3ccccc3)O[C@@H]21. The molecule has 7 atom stereocenters. The van der Waals surface area contributed by atoms with Crippen molar-refractivity contribution in [2.75, 3.05) is 20.8 Å². The van der Waals surface area contributed by atoms with E-state index in [1.807, 2.05) is 30.3 Å². The summed E-state index contributed by atoms with van der Waals surface area (Å²) in [4.78, 5) is 12.0. The molecule has 6 nitrogen and oxygen atoms in total. The zero-order valence-electron chi connectivity index (χ0n) is 13.1. The molecule has 124 valence electrons. The summed E-state index contributed by atoms with van der Waals surface area (Å²) in [5.74, 6) is -0.406. The summed E-state index contributed by atoms with van der Waals surface area (Å²) in [6, 6.07) is 9.78. The monoisotopic (exact) mass is 320 g/mol. The Morgan fingerprint density at radius 1 is 1.13 bits per heavy atom. The van der Waals surface area contributed by atoms with Crippen molar-refractivity contribution in [3.8, 4) is 0 Å². The highest BCUT2D eigenvalue weighted by molar-refractivity contribution is 5.76. The topological polar surface area (TPSA) is 63.2 Å². The molecule has 2 saturated heterocycles. The van der Waals surface area contributed by atoms with Crippen molar-refractivity contribution < 1.29 is 28.5 Å². The van der Waals surface area contributed by atoms with Gasteiger partial charge in [0.2, 0.25) is 0 Å². The molecule has 3 aliphatic rings. The van der Waals surface area contributed by atoms with E-state index < -0.39 is 12.6 Å². The standard InChI is InChI=1S/C17H20O6/c1-19-15(18)12-11-13(12)17(20-2)22-10-8-21-16(23-14(10)11)9-6-4-3-5-7-9/h3-7,10-14,16-17H,8H2,1-2H3/t10-,11?,12?,13-,14-,16-,17+/m1/s1. The minimum absolute atomic E-state index is 0.0109. The average Bonchev–Trinajstić information content (AvgIpc) is 3.36. The number of hydrogen-bond donors (Lipinski definition) is 0. The molecule has 0 amide bonds. The minimum Gasteiger partial charge on any atom is -0.469 e. The summed E-state index contributed by atoms with van der Waals surface area (Å²) >= 11 is 0. The fourth-order valence-corrected chi connectivity index (χ4v) is 3.85. The van der Waals surface area contributed by atoms with Crippen LogP contribution in [-0.4, -0.2) is 45.3 Å². The van der Waals surface area contributed by atoms with Gasteiger partial charge in [-0.05, 0) is 0 Å². The first-order chi connectivity index (χ1) is 11.2. The Kier molecular flexibility index (Phi) is 3.85. The van der Waals surface area contributed by atoms with Crippen LogP contribution in [0.1, 0.15) is 11.9 Å². The average molecular weight is 320 g/mol. The Morgan fingerprint density at radius 2 is 1.91 bits per heavy atom. The summed E-state index contributed by atoms with van der Waals surface area (Å²) in [6.45, 7) is 0.418. The van der Waals surface area contributed by atoms with Gasteiger partial charge in [-0.25, -0.2) is 0 Å². The van der Waals surface area contributed by atoms with Gasteiger partial charge in [-0.2, -0.15) is 0 Å². The van der Waals surface area contributed by atoms with Crippen LogP contribution in [0, 0.1) is 17.8 Å². The van der Waals surface area contributed by atoms with Gasteiger partial charge in [0.25, 0.3) is 0 Å². The van der Waals surface area contributed by atoms with Gasteiger partial charge >= 0.3 is 5.97 Å². The first-order valence-electron chi connectivity index (χ1n) is 7.82. The van der Waals surface area contributed by atoms with Gasteiger partial charge in [0.05, 0.1) is 25.7 Å². The zero-order valence-corrected chi connectivity index (χ0v) is 13.1. The molecule has 2 aliphatic heterocycles. The quantitative estimate of drug-likeness (QED) is 0.787. The third-order valence-electron chi connectivity index (χ3n) is 4.97. The van der Waals surface area contributed by atoms with Gasteiger partial charge in [-0.1, -0.05) is 30.3 Å². The summed E-state index contributed by atoms with van der Waals surface area (Å²) in [6.07, 6.45) is -1.25. The second-order valence-corrected chi connectivity index (χ2v) is 6.16. The van der Waals surface area contributed by atoms with Crippen molar-refractivity contribution in [2.45, 2.75) is 24.8 Å². The van der Waals surface area contributed by atoms with Crippen LogP contribution in [0.15, 0.2) is 30.3 Å². The normalized spacial score (nSPS) is 41.6. The highest BCUT2D eigenvalue weighted by Crippen LogP contribution is 2.58. The van der Waals surface area contributed by atoms with Crippen molar-refractivity contribution in [2.24, 2.45) is 17.8 Å². The predicted molar refractivity (Wildman–Crippen MR) is 78.2 cm³/mol. The van der Waals surface area contributed by atoms with Crippen LogP contribution < -0.4 is 0 Å². The van der Waals surface area contributed by atoms with Gasteiger partial charge < -0.3 is 23.7 Å². The van der Waals surface area contributed by atoms with Crippen molar-refractivity contribution >= 4 is 5.97 Å². The maximum atomic E-state index is 12.0. The maximum Gasteiger partial charge on any atom is 0.309 e. The van der Waals surface area contributed by atoms with Gasteiger partial charge in [0.15, 0.2) is 12.6 Å². The molecule has 0 N–H and O–H groups in total. The van der Waals surface area contributed by atoms with E-state index in [0.717, 1.165) is 5.56 Å². The Bertz CT molecular complexity index is 576. The van der Waals surface area contributed by atoms with Crippen LogP contribution in [0.4, 0.5) is 0 Å². The third-order valence-corrected chi connectivity index (χ3v) is 4.97.